The molecule has 0 aromatic rings. The number of amides is 2. The molecule has 0 rings (SSSR count). The number of hydrogen-bond acceptors (Lipinski definition) is 8. The third-order valence-corrected chi connectivity index (χ3v) is 7.59. The molecule has 0 fully saturated rings. The van der Waals surface area contributed by atoms with Crippen LogP contribution in [0.25, 0.3) is 0 Å². The van der Waals surface area contributed by atoms with E-state index in [1.165, 1.54) is 70.6 Å². The summed E-state index contributed by atoms with van der Waals surface area (Å²) < 4.78 is 0. The fourth-order valence-corrected chi connectivity index (χ4v) is 4.95. The lowest BCUT2D eigenvalue weighted by Crippen LogP contribution is -2.50. The Morgan fingerprint density at radius 2 is 1.10 bits per heavy atom. The van der Waals surface area contributed by atoms with Gasteiger partial charge in [0.15, 0.2) is 5.78 Å². The Labute approximate surface area is 253 Å². The van der Waals surface area contributed by atoms with Crippen molar-refractivity contribution in [2.24, 2.45) is 11.5 Å². The third kappa shape index (κ3) is 25.6. The van der Waals surface area contributed by atoms with E-state index in [1.54, 1.807) is 0 Å². The van der Waals surface area contributed by atoms with Crippen LogP contribution in [0.5, 0.6) is 0 Å². The quantitative estimate of drug-likeness (QED) is 0.0448. The first-order valence-electron chi connectivity index (χ1n) is 16.4. The highest BCUT2D eigenvalue weighted by molar-refractivity contribution is 5.87. The fourth-order valence-electron chi connectivity index (χ4n) is 4.95. The highest BCUT2D eigenvalue weighted by Crippen LogP contribution is 2.14. The average molecular weight is 600 g/mol. The molecule has 2 atom stereocenters. The number of nitrogens with one attached hydrogen (secondary N) is 3. The first-order valence-corrected chi connectivity index (χ1v) is 16.4. The van der Waals surface area contributed by atoms with Crippen LogP contribution in [-0.4, -0.2) is 72.2 Å². The molecular formula is C31H61N5O6. The van der Waals surface area contributed by atoms with E-state index < -0.39 is 30.6 Å². The number of aliphatic hydroxyl groups is 1. The summed E-state index contributed by atoms with van der Waals surface area (Å²) in [5.74, 6) is -1.48. The number of aliphatic carboxylic acids is 1. The Hall–Kier alpha value is -2.08. The standard InChI is InChI=1S/C31H61N5O6/c32-25-36-26(28(38)23-35-27(24-37)31(33)42)19-17-18-22-34-29(39)20-15-13-11-9-7-5-3-1-2-4-6-8-10-12-14-16-21-30(40)41/h26-27,35-37H,1-25,32H2,(H2,33,42)(H,34,39)(H,40,41)/t26-,27+/m1/s1. The molecule has 0 unspecified atom stereocenters. The van der Waals surface area contributed by atoms with Crippen LogP contribution in [0.15, 0.2) is 0 Å². The minimum absolute atomic E-state index is 0.0755. The fraction of sp³-hybridized carbons (Fsp3) is 0.871. The number of carboxylic acids is 1. The number of aliphatic hydroxyl groups excluding tert-OH is 1. The van der Waals surface area contributed by atoms with E-state index in [-0.39, 0.29) is 24.9 Å². The van der Waals surface area contributed by atoms with E-state index in [4.69, 9.17) is 21.7 Å². The van der Waals surface area contributed by atoms with Crippen LogP contribution >= 0.6 is 0 Å². The Morgan fingerprint density at radius 3 is 1.52 bits per heavy atom. The zero-order chi connectivity index (χ0) is 31.3. The number of Topliss-reactive ketones (excluding diaryl/α,β-unsaturated/α-hetero) is 1. The predicted octanol–water partition coefficient (Wildman–Crippen LogP) is 3.26. The van der Waals surface area contributed by atoms with Gasteiger partial charge in [0, 0.05) is 26.1 Å². The first kappa shape index (κ1) is 39.9. The Bertz CT molecular complexity index is 709. The Kier molecular flexibility index (Phi) is 27.6. The van der Waals surface area contributed by atoms with Gasteiger partial charge in [-0.05, 0) is 32.1 Å². The number of unbranched alkanes of at least 4 members (excludes halogenated alkanes) is 16. The molecule has 9 N–H and O–H groups in total. The molecule has 0 aliphatic rings. The normalized spacial score (nSPS) is 12.6. The third-order valence-electron chi connectivity index (χ3n) is 7.59. The van der Waals surface area contributed by atoms with Gasteiger partial charge in [0.05, 0.1) is 19.2 Å². The van der Waals surface area contributed by atoms with Crippen molar-refractivity contribution in [2.45, 2.75) is 147 Å². The summed E-state index contributed by atoms with van der Waals surface area (Å²) >= 11 is 0. The molecule has 2 amide bonds. The maximum absolute atomic E-state index is 12.4. The van der Waals surface area contributed by atoms with Crippen molar-refractivity contribution in [1.29, 1.82) is 0 Å². The summed E-state index contributed by atoms with van der Waals surface area (Å²) in [5, 5.41) is 26.3. The van der Waals surface area contributed by atoms with E-state index >= 15 is 0 Å². The molecule has 11 nitrogen and oxygen atoms in total. The lowest BCUT2D eigenvalue weighted by Gasteiger charge is -2.18. The van der Waals surface area contributed by atoms with Gasteiger partial charge in [-0.15, -0.1) is 0 Å². The van der Waals surface area contributed by atoms with Gasteiger partial charge in [-0.25, -0.2) is 0 Å². The zero-order valence-corrected chi connectivity index (χ0v) is 26.0. The van der Waals surface area contributed by atoms with E-state index in [0.717, 1.165) is 44.9 Å². The number of rotatable bonds is 32. The van der Waals surface area contributed by atoms with E-state index in [1.807, 2.05) is 0 Å². The monoisotopic (exact) mass is 599 g/mol. The van der Waals surface area contributed by atoms with Crippen LogP contribution in [0.3, 0.4) is 0 Å². The second-order valence-electron chi connectivity index (χ2n) is 11.3. The van der Waals surface area contributed by atoms with E-state index in [9.17, 15) is 19.2 Å². The summed E-state index contributed by atoms with van der Waals surface area (Å²) in [4.78, 5) is 46.1. The zero-order valence-electron chi connectivity index (χ0n) is 26.0. The molecule has 0 saturated carbocycles. The average Bonchev–Trinajstić information content (AvgIpc) is 2.95. The summed E-state index contributed by atoms with van der Waals surface area (Å²) in [5.41, 5.74) is 10.7. The first-order chi connectivity index (χ1) is 20.3. The highest BCUT2D eigenvalue weighted by atomic mass is 16.4. The molecular weight excluding hydrogens is 538 g/mol. The van der Waals surface area contributed by atoms with E-state index in [2.05, 4.69) is 16.0 Å². The van der Waals surface area contributed by atoms with Crippen LogP contribution in [0.2, 0.25) is 0 Å². The van der Waals surface area contributed by atoms with Crippen molar-refractivity contribution >= 4 is 23.6 Å². The molecule has 0 radical (unpaired) electrons. The molecule has 0 bridgehead atoms. The molecule has 11 heteroatoms. The van der Waals surface area contributed by atoms with Crippen molar-refractivity contribution in [3.8, 4) is 0 Å². The van der Waals surface area contributed by atoms with Gasteiger partial charge in [0.25, 0.3) is 0 Å². The molecule has 42 heavy (non-hydrogen) atoms. The summed E-state index contributed by atoms with van der Waals surface area (Å²) in [6.45, 7) is 0.156. The largest absolute Gasteiger partial charge is 0.481 e. The number of primary amides is 1. The van der Waals surface area contributed by atoms with Gasteiger partial charge in [0.1, 0.15) is 6.04 Å². The van der Waals surface area contributed by atoms with E-state index in [0.29, 0.717) is 25.8 Å². The van der Waals surface area contributed by atoms with Gasteiger partial charge < -0.3 is 27.0 Å². The molecule has 0 aliphatic heterocycles. The van der Waals surface area contributed by atoms with Crippen LogP contribution in [0, 0.1) is 0 Å². The van der Waals surface area contributed by atoms with Gasteiger partial charge in [-0.3, -0.25) is 29.8 Å². The maximum atomic E-state index is 12.4. The topological polar surface area (TPSA) is 197 Å². The molecule has 0 spiro atoms. The SMILES string of the molecule is NCN[C@H](CCCCNC(=O)CCCCCCCCCCCCCCCCCCC(=O)O)C(=O)CN[C@@H](CO)C(N)=O. The van der Waals surface area contributed by atoms with Gasteiger partial charge >= 0.3 is 5.97 Å². The van der Waals surface area contributed by atoms with Crippen LogP contribution in [-0.2, 0) is 19.2 Å². The summed E-state index contributed by atoms with van der Waals surface area (Å²) in [6, 6.07) is -1.42. The van der Waals surface area contributed by atoms with Crippen molar-refractivity contribution in [1.82, 2.24) is 16.0 Å². The number of ketones is 1. The smallest absolute Gasteiger partial charge is 0.303 e. The molecule has 0 saturated heterocycles. The van der Waals surface area contributed by atoms with Crippen molar-refractivity contribution in [3.63, 3.8) is 0 Å². The predicted molar refractivity (Wildman–Crippen MR) is 167 cm³/mol. The highest BCUT2D eigenvalue weighted by Gasteiger charge is 2.20. The Balaban J connectivity index is 3.56. The van der Waals surface area contributed by atoms with Gasteiger partial charge in [-0.2, -0.15) is 0 Å². The Morgan fingerprint density at radius 1 is 0.619 bits per heavy atom. The van der Waals surface area contributed by atoms with Crippen LogP contribution in [0.4, 0.5) is 0 Å². The van der Waals surface area contributed by atoms with Crippen LogP contribution in [0.1, 0.15) is 135 Å². The number of carbonyl (C=O) groups is 4. The summed E-state index contributed by atoms with van der Waals surface area (Å²) in [6.07, 6.45) is 22.0. The van der Waals surface area contributed by atoms with Crippen LogP contribution < -0.4 is 27.4 Å². The molecule has 0 aromatic heterocycles. The van der Waals surface area contributed by atoms with Gasteiger partial charge in [0.2, 0.25) is 11.8 Å². The minimum atomic E-state index is -0.958. The summed E-state index contributed by atoms with van der Waals surface area (Å²) in [7, 11) is 0. The van der Waals surface area contributed by atoms with Crippen molar-refractivity contribution in [3.05, 3.63) is 0 Å². The maximum Gasteiger partial charge on any atom is 0.303 e. The molecule has 246 valence electrons. The lowest BCUT2D eigenvalue weighted by atomic mass is 10.0. The molecule has 0 aliphatic carbocycles. The second kappa shape index (κ2) is 29.0. The second-order valence-corrected chi connectivity index (χ2v) is 11.3. The number of carboxylic acid groups (broad SMARTS) is 1. The number of carbonyl (C=O) groups excluding carboxylic acids is 3. The molecule has 0 aromatic carbocycles. The number of nitrogens with two attached hydrogens (primary N) is 2. The van der Waals surface area contributed by atoms with Crippen molar-refractivity contribution < 1.29 is 29.4 Å². The lowest BCUT2D eigenvalue weighted by molar-refractivity contribution is -0.137. The minimum Gasteiger partial charge on any atom is -0.481 e. The van der Waals surface area contributed by atoms with Crippen molar-refractivity contribution in [2.75, 3.05) is 26.4 Å². The number of hydrogen-bond donors (Lipinski definition) is 7. The van der Waals surface area contributed by atoms with Gasteiger partial charge in [-0.1, -0.05) is 89.9 Å². The molecule has 0 heterocycles.